The number of carbonyl (C=O) groups is 2. The lowest BCUT2D eigenvalue weighted by molar-refractivity contribution is -0.127. The molecule has 0 aromatic carbocycles. The molecule has 1 fully saturated rings. The Hall–Kier alpha value is -2.90. The third kappa shape index (κ3) is 3.54. The van der Waals surface area contributed by atoms with E-state index in [1.165, 1.54) is 6.08 Å². The standard InChI is InChI=1S/C18H24N6O2/c1-4-15(25)24-7-6-13(11(3)10-24)22-14-9-21-17-16(23-14)12(8-20-17)18(26)19-5-2/h4,8-9,11,13H,1,5-7,10H2,2-3H3,(H,19,26)(H,20,21)(H,22,23)/t11-,13+/m0/s1. The fourth-order valence-electron chi connectivity index (χ4n) is 3.27. The molecule has 0 aliphatic carbocycles. The lowest BCUT2D eigenvalue weighted by atomic mass is 9.94. The number of aromatic amines is 1. The summed E-state index contributed by atoms with van der Waals surface area (Å²) in [6.07, 6.45) is 5.46. The molecule has 2 aromatic rings. The van der Waals surface area contributed by atoms with Crippen molar-refractivity contribution >= 4 is 28.8 Å². The minimum absolute atomic E-state index is 0.0320. The van der Waals surface area contributed by atoms with Gasteiger partial charge in [-0.3, -0.25) is 9.59 Å². The van der Waals surface area contributed by atoms with Crippen molar-refractivity contribution < 1.29 is 9.59 Å². The highest BCUT2D eigenvalue weighted by Gasteiger charge is 2.28. The van der Waals surface area contributed by atoms with Gasteiger partial charge in [0, 0.05) is 31.9 Å². The van der Waals surface area contributed by atoms with Crippen LogP contribution in [0.1, 0.15) is 30.6 Å². The van der Waals surface area contributed by atoms with E-state index in [1.54, 1.807) is 12.4 Å². The Morgan fingerprint density at radius 1 is 1.50 bits per heavy atom. The second-order valence-corrected chi connectivity index (χ2v) is 6.52. The molecule has 2 amide bonds. The molecule has 0 radical (unpaired) electrons. The molecule has 1 aliphatic heterocycles. The van der Waals surface area contributed by atoms with Gasteiger partial charge in [-0.25, -0.2) is 9.97 Å². The van der Waals surface area contributed by atoms with Gasteiger partial charge in [-0.2, -0.15) is 0 Å². The van der Waals surface area contributed by atoms with Crippen molar-refractivity contribution in [3.8, 4) is 0 Å². The molecule has 0 saturated carbocycles. The van der Waals surface area contributed by atoms with Gasteiger partial charge >= 0.3 is 0 Å². The highest BCUT2D eigenvalue weighted by Crippen LogP contribution is 2.22. The Balaban J connectivity index is 1.75. The van der Waals surface area contributed by atoms with Crippen LogP contribution < -0.4 is 10.6 Å². The van der Waals surface area contributed by atoms with Crippen LogP contribution in [0.2, 0.25) is 0 Å². The number of hydrogen-bond acceptors (Lipinski definition) is 5. The molecule has 0 spiro atoms. The molecule has 0 unspecified atom stereocenters. The number of hydrogen-bond donors (Lipinski definition) is 3. The Morgan fingerprint density at radius 3 is 3.00 bits per heavy atom. The number of anilines is 1. The molecule has 3 rings (SSSR count). The first-order valence-corrected chi connectivity index (χ1v) is 8.83. The first-order valence-electron chi connectivity index (χ1n) is 8.83. The van der Waals surface area contributed by atoms with Crippen LogP contribution in [0.25, 0.3) is 11.2 Å². The molecule has 2 atom stereocenters. The predicted molar refractivity (Wildman–Crippen MR) is 99.9 cm³/mol. The molecular formula is C18H24N6O2. The first-order chi connectivity index (χ1) is 12.5. The van der Waals surface area contributed by atoms with E-state index in [9.17, 15) is 9.59 Å². The number of fused-ring (bicyclic) bond motifs is 1. The van der Waals surface area contributed by atoms with Gasteiger partial charge in [0.1, 0.15) is 11.3 Å². The van der Waals surface area contributed by atoms with Crippen LogP contribution in [0.4, 0.5) is 5.82 Å². The van der Waals surface area contributed by atoms with Crippen LogP contribution in [0.15, 0.2) is 25.0 Å². The average Bonchev–Trinajstić information content (AvgIpc) is 3.06. The van der Waals surface area contributed by atoms with Crippen LogP contribution >= 0.6 is 0 Å². The largest absolute Gasteiger partial charge is 0.366 e. The number of amides is 2. The maximum absolute atomic E-state index is 12.1. The zero-order valence-corrected chi connectivity index (χ0v) is 15.1. The summed E-state index contributed by atoms with van der Waals surface area (Å²) in [6, 6.07) is 0.183. The minimum Gasteiger partial charge on any atom is -0.366 e. The van der Waals surface area contributed by atoms with Gasteiger partial charge in [0.15, 0.2) is 5.65 Å². The van der Waals surface area contributed by atoms with Gasteiger partial charge in [-0.05, 0) is 25.3 Å². The number of carbonyl (C=O) groups excluding carboxylic acids is 2. The summed E-state index contributed by atoms with van der Waals surface area (Å²) in [5.41, 5.74) is 1.61. The molecule has 3 heterocycles. The van der Waals surface area contributed by atoms with Crippen molar-refractivity contribution in [2.24, 2.45) is 5.92 Å². The average molecular weight is 356 g/mol. The molecular weight excluding hydrogens is 332 g/mol. The quantitative estimate of drug-likeness (QED) is 0.705. The molecule has 2 aromatic heterocycles. The number of H-pyrrole nitrogens is 1. The van der Waals surface area contributed by atoms with E-state index in [1.807, 2.05) is 11.8 Å². The summed E-state index contributed by atoms with van der Waals surface area (Å²) in [4.78, 5) is 37.6. The maximum Gasteiger partial charge on any atom is 0.255 e. The molecule has 26 heavy (non-hydrogen) atoms. The molecule has 8 heteroatoms. The molecule has 0 bridgehead atoms. The van der Waals surface area contributed by atoms with Crippen molar-refractivity contribution in [2.75, 3.05) is 25.0 Å². The summed E-state index contributed by atoms with van der Waals surface area (Å²) in [6.45, 7) is 9.42. The van der Waals surface area contributed by atoms with E-state index in [2.05, 4.69) is 39.1 Å². The predicted octanol–water partition coefficient (Wildman–Crippen LogP) is 1.54. The lowest BCUT2D eigenvalue weighted by Gasteiger charge is -2.37. The zero-order valence-electron chi connectivity index (χ0n) is 15.1. The van der Waals surface area contributed by atoms with Crippen molar-refractivity contribution in [2.45, 2.75) is 26.3 Å². The Labute approximate surface area is 152 Å². The molecule has 8 nitrogen and oxygen atoms in total. The van der Waals surface area contributed by atoms with Crippen LogP contribution in [0.5, 0.6) is 0 Å². The molecule has 1 saturated heterocycles. The first kappa shape index (κ1) is 17.9. The highest BCUT2D eigenvalue weighted by atomic mass is 16.2. The number of aromatic nitrogens is 3. The Kier molecular flexibility index (Phi) is 5.20. The van der Waals surface area contributed by atoms with E-state index < -0.39 is 0 Å². The van der Waals surface area contributed by atoms with E-state index in [0.717, 1.165) is 6.42 Å². The highest BCUT2D eigenvalue weighted by molar-refractivity contribution is 6.04. The molecule has 138 valence electrons. The van der Waals surface area contributed by atoms with Gasteiger partial charge in [0.2, 0.25) is 5.91 Å². The van der Waals surface area contributed by atoms with Gasteiger partial charge in [0.05, 0.1) is 11.8 Å². The monoisotopic (exact) mass is 356 g/mol. The van der Waals surface area contributed by atoms with E-state index >= 15 is 0 Å². The second-order valence-electron chi connectivity index (χ2n) is 6.52. The van der Waals surface area contributed by atoms with Gasteiger partial charge in [-0.1, -0.05) is 13.5 Å². The minimum atomic E-state index is -0.171. The molecule has 1 aliphatic rings. The maximum atomic E-state index is 12.1. The van der Waals surface area contributed by atoms with Crippen molar-refractivity contribution in [3.63, 3.8) is 0 Å². The summed E-state index contributed by atoms with van der Waals surface area (Å²) in [5.74, 6) is 0.687. The number of nitrogens with zero attached hydrogens (tertiary/aromatic N) is 3. The summed E-state index contributed by atoms with van der Waals surface area (Å²) < 4.78 is 0. The topological polar surface area (TPSA) is 103 Å². The third-order valence-corrected chi connectivity index (χ3v) is 4.69. The fraction of sp³-hybridized carbons (Fsp3) is 0.444. The van der Waals surface area contributed by atoms with Crippen molar-refractivity contribution in [3.05, 3.63) is 30.6 Å². The van der Waals surface area contributed by atoms with Crippen LogP contribution in [-0.4, -0.2) is 57.3 Å². The normalized spacial score (nSPS) is 20.0. The number of likely N-dealkylation sites (tertiary alicyclic amines) is 1. The van der Waals surface area contributed by atoms with Gasteiger partial charge < -0.3 is 20.5 Å². The number of rotatable bonds is 5. The number of piperidine rings is 1. The van der Waals surface area contributed by atoms with E-state index in [4.69, 9.17) is 0 Å². The van der Waals surface area contributed by atoms with Crippen molar-refractivity contribution in [1.82, 2.24) is 25.2 Å². The summed E-state index contributed by atoms with van der Waals surface area (Å²) in [5, 5.41) is 6.18. The number of nitrogens with one attached hydrogen (secondary N) is 3. The second kappa shape index (κ2) is 7.55. The Morgan fingerprint density at radius 2 is 2.31 bits per heavy atom. The fourth-order valence-corrected chi connectivity index (χ4v) is 3.27. The Bertz CT molecular complexity index is 830. The molecule has 3 N–H and O–H groups in total. The van der Waals surface area contributed by atoms with Gasteiger partial charge in [0.25, 0.3) is 5.91 Å². The van der Waals surface area contributed by atoms with E-state index in [0.29, 0.717) is 42.2 Å². The van der Waals surface area contributed by atoms with Crippen LogP contribution in [0.3, 0.4) is 0 Å². The summed E-state index contributed by atoms with van der Waals surface area (Å²) in [7, 11) is 0. The smallest absolute Gasteiger partial charge is 0.255 e. The zero-order chi connectivity index (χ0) is 18.7. The van der Waals surface area contributed by atoms with Gasteiger partial charge in [-0.15, -0.1) is 0 Å². The van der Waals surface area contributed by atoms with E-state index in [-0.39, 0.29) is 23.8 Å². The van der Waals surface area contributed by atoms with Crippen LogP contribution in [-0.2, 0) is 4.79 Å². The van der Waals surface area contributed by atoms with Crippen molar-refractivity contribution in [1.29, 1.82) is 0 Å². The summed E-state index contributed by atoms with van der Waals surface area (Å²) >= 11 is 0. The SMILES string of the molecule is C=CC(=O)N1CC[C@@H](Nc2cnc3[nH]cc(C(=O)NCC)c3n2)[C@@H](C)C1. The van der Waals surface area contributed by atoms with Crippen LogP contribution in [0, 0.1) is 5.92 Å². The third-order valence-electron chi connectivity index (χ3n) is 4.69. The lowest BCUT2D eigenvalue weighted by Crippen LogP contribution is -2.47.